The molecule has 1 N–H and O–H groups in total. The lowest BCUT2D eigenvalue weighted by Crippen LogP contribution is -2.29. The number of halogens is 2. The van der Waals surface area contributed by atoms with Gasteiger partial charge >= 0.3 is 0 Å². The highest BCUT2D eigenvalue weighted by molar-refractivity contribution is 6.33. The van der Waals surface area contributed by atoms with Crippen molar-refractivity contribution in [2.45, 2.75) is 6.42 Å². The van der Waals surface area contributed by atoms with Gasteiger partial charge in [-0.3, -0.25) is 4.79 Å². The van der Waals surface area contributed by atoms with Gasteiger partial charge in [0.1, 0.15) is 5.82 Å². The first-order valence-corrected chi connectivity index (χ1v) is 5.79. The lowest BCUT2D eigenvalue weighted by molar-refractivity contribution is 0.0794. The summed E-state index contributed by atoms with van der Waals surface area (Å²) in [6.45, 7) is 1.47. The number of benzene rings is 1. The Morgan fingerprint density at radius 1 is 1.53 bits per heavy atom. The van der Waals surface area contributed by atoms with Crippen LogP contribution in [0.1, 0.15) is 16.8 Å². The monoisotopic (exact) mass is 258 g/mol. The Balaban J connectivity index is 2.68. The second kappa shape index (κ2) is 6.57. The van der Waals surface area contributed by atoms with E-state index < -0.39 is 5.82 Å². The van der Waals surface area contributed by atoms with Crippen LogP contribution in [0.4, 0.5) is 4.39 Å². The number of rotatable bonds is 5. The number of carbonyl (C=O) groups is 1. The van der Waals surface area contributed by atoms with E-state index in [4.69, 9.17) is 11.6 Å². The fraction of sp³-hybridized carbons (Fsp3) is 0.417. The molecule has 94 valence electrons. The van der Waals surface area contributed by atoms with Crippen molar-refractivity contribution in [1.82, 2.24) is 10.2 Å². The summed E-state index contributed by atoms with van der Waals surface area (Å²) < 4.78 is 12.8. The molecule has 0 fully saturated rings. The Hall–Kier alpha value is -1.13. The highest BCUT2D eigenvalue weighted by Gasteiger charge is 2.14. The van der Waals surface area contributed by atoms with Gasteiger partial charge in [-0.2, -0.15) is 0 Å². The van der Waals surface area contributed by atoms with E-state index in [9.17, 15) is 9.18 Å². The van der Waals surface area contributed by atoms with Crippen LogP contribution in [-0.2, 0) is 0 Å². The second-order valence-electron chi connectivity index (χ2n) is 3.81. The summed E-state index contributed by atoms with van der Waals surface area (Å²) in [5, 5.41) is 3.16. The zero-order valence-corrected chi connectivity index (χ0v) is 10.7. The van der Waals surface area contributed by atoms with Crippen molar-refractivity contribution >= 4 is 17.5 Å². The highest BCUT2D eigenvalue weighted by atomic mass is 35.5. The molecule has 0 atom stereocenters. The summed E-state index contributed by atoms with van der Waals surface area (Å²) >= 11 is 5.83. The number of nitrogens with one attached hydrogen (secondary N) is 1. The second-order valence-corrected chi connectivity index (χ2v) is 4.22. The molecular weight excluding hydrogens is 243 g/mol. The summed E-state index contributed by atoms with van der Waals surface area (Å²) in [6, 6.07) is 3.80. The molecule has 0 bridgehead atoms. The van der Waals surface area contributed by atoms with Crippen molar-refractivity contribution in [2.24, 2.45) is 0 Å². The molecule has 0 heterocycles. The van der Waals surface area contributed by atoms with Gasteiger partial charge in [0, 0.05) is 13.6 Å². The van der Waals surface area contributed by atoms with Gasteiger partial charge < -0.3 is 10.2 Å². The van der Waals surface area contributed by atoms with E-state index in [2.05, 4.69) is 5.32 Å². The Labute approximate surface area is 106 Å². The van der Waals surface area contributed by atoms with Crippen LogP contribution < -0.4 is 5.32 Å². The molecule has 1 amide bonds. The fourth-order valence-electron chi connectivity index (χ4n) is 1.46. The summed E-state index contributed by atoms with van der Waals surface area (Å²) in [6.07, 6.45) is 0.859. The van der Waals surface area contributed by atoms with Crippen LogP contribution in [0, 0.1) is 5.82 Å². The number of amides is 1. The van der Waals surface area contributed by atoms with Crippen LogP contribution in [0.2, 0.25) is 5.02 Å². The fourth-order valence-corrected chi connectivity index (χ4v) is 1.71. The van der Waals surface area contributed by atoms with Crippen molar-refractivity contribution in [2.75, 3.05) is 27.2 Å². The summed E-state index contributed by atoms with van der Waals surface area (Å²) in [4.78, 5) is 13.5. The van der Waals surface area contributed by atoms with Crippen molar-refractivity contribution < 1.29 is 9.18 Å². The Kier molecular flexibility index (Phi) is 5.38. The molecule has 1 aromatic rings. The normalized spacial score (nSPS) is 10.4. The Morgan fingerprint density at radius 3 is 2.82 bits per heavy atom. The topological polar surface area (TPSA) is 32.3 Å². The van der Waals surface area contributed by atoms with Gasteiger partial charge in [0.05, 0.1) is 10.6 Å². The van der Waals surface area contributed by atoms with Crippen LogP contribution in [-0.4, -0.2) is 38.0 Å². The number of carbonyl (C=O) groups excluding carboxylic acids is 1. The molecule has 0 spiro atoms. The van der Waals surface area contributed by atoms with E-state index in [0.717, 1.165) is 19.0 Å². The average Bonchev–Trinajstić information content (AvgIpc) is 2.28. The maximum Gasteiger partial charge on any atom is 0.255 e. The molecule has 0 saturated carbocycles. The van der Waals surface area contributed by atoms with Gasteiger partial charge in [0.15, 0.2) is 0 Å². The van der Waals surface area contributed by atoms with Crippen LogP contribution in [0.25, 0.3) is 0 Å². The van der Waals surface area contributed by atoms with E-state index >= 15 is 0 Å². The van der Waals surface area contributed by atoms with Crippen LogP contribution in [0.15, 0.2) is 18.2 Å². The smallest absolute Gasteiger partial charge is 0.255 e. The Bertz CT molecular complexity index is 398. The van der Waals surface area contributed by atoms with Crippen molar-refractivity contribution in [3.05, 3.63) is 34.6 Å². The van der Waals surface area contributed by atoms with Gasteiger partial charge in [-0.25, -0.2) is 4.39 Å². The van der Waals surface area contributed by atoms with Crippen LogP contribution in [0.5, 0.6) is 0 Å². The molecule has 0 aliphatic carbocycles. The summed E-state index contributed by atoms with van der Waals surface area (Å²) in [7, 11) is 3.57. The van der Waals surface area contributed by atoms with Crippen molar-refractivity contribution in [3.63, 3.8) is 0 Å². The van der Waals surface area contributed by atoms with E-state index in [-0.39, 0.29) is 10.9 Å². The third-order valence-electron chi connectivity index (χ3n) is 2.43. The molecule has 1 rings (SSSR count). The predicted molar refractivity (Wildman–Crippen MR) is 66.9 cm³/mol. The van der Waals surface area contributed by atoms with Gasteiger partial charge in [0.2, 0.25) is 0 Å². The van der Waals surface area contributed by atoms with Crippen LogP contribution in [0.3, 0.4) is 0 Å². The van der Waals surface area contributed by atoms with Gasteiger partial charge in [0.25, 0.3) is 5.91 Å². The van der Waals surface area contributed by atoms with Gasteiger partial charge in [-0.1, -0.05) is 11.6 Å². The lowest BCUT2D eigenvalue weighted by Gasteiger charge is -2.17. The quantitative estimate of drug-likeness (QED) is 0.821. The van der Waals surface area contributed by atoms with E-state index in [1.807, 2.05) is 7.05 Å². The highest BCUT2D eigenvalue weighted by Crippen LogP contribution is 2.18. The predicted octanol–water partition coefficient (Wildman–Crippen LogP) is 2.16. The molecule has 0 aliphatic rings. The maximum absolute atomic E-state index is 12.8. The minimum absolute atomic E-state index is 0.149. The number of nitrogens with zero attached hydrogens (tertiary/aromatic N) is 1. The number of hydrogen-bond acceptors (Lipinski definition) is 2. The van der Waals surface area contributed by atoms with Crippen molar-refractivity contribution in [3.8, 4) is 0 Å². The van der Waals surface area contributed by atoms with E-state index in [1.54, 1.807) is 11.9 Å². The number of hydrogen-bond donors (Lipinski definition) is 1. The minimum atomic E-state index is -0.440. The van der Waals surface area contributed by atoms with Crippen LogP contribution >= 0.6 is 11.6 Å². The molecule has 0 saturated heterocycles. The molecule has 0 radical (unpaired) electrons. The zero-order valence-electron chi connectivity index (χ0n) is 9.96. The summed E-state index contributed by atoms with van der Waals surface area (Å²) in [5.41, 5.74) is 0.333. The van der Waals surface area contributed by atoms with Gasteiger partial charge in [-0.05, 0) is 38.2 Å². The molecule has 17 heavy (non-hydrogen) atoms. The van der Waals surface area contributed by atoms with E-state index in [0.29, 0.717) is 12.1 Å². The first-order valence-electron chi connectivity index (χ1n) is 5.41. The molecule has 1 aromatic carbocycles. The molecule has 5 heteroatoms. The first kappa shape index (κ1) is 13.9. The average molecular weight is 259 g/mol. The van der Waals surface area contributed by atoms with E-state index in [1.165, 1.54) is 12.1 Å². The SMILES string of the molecule is CNCCCN(C)C(=O)c1ccc(F)cc1Cl. The standard InChI is InChI=1S/C12H16ClFN2O/c1-15-6-3-7-16(2)12(17)10-5-4-9(14)8-11(10)13/h4-5,8,15H,3,6-7H2,1-2H3. The maximum atomic E-state index is 12.8. The summed E-state index contributed by atoms with van der Waals surface area (Å²) in [5.74, 6) is -0.629. The third kappa shape index (κ3) is 3.98. The Morgan fingerprint density at radius 2 is 2.24 bits per heavy atom. The lowest BCUT2D eigenvalue weighted by atomic mass is 10.2. The molecule has 3 nitrogen and oxygen atoms in total. The van der Waals surface area contributed by atoms with Gasteiger partial charge in [-0.15, -0.1) is 0 Å². The first-order chi connectivity index (χ1) is 8.06. The molecule has 0 unspecified atom stereocenters. The molecular formula is C12H16ClFN2O. The largest absolute Gasteiger partial charge is 0.342 e. The minimum Gasteiger partial charge on any atom is -0.342 e. The molecule has 0 aromatic heterocycles. The molecule has 0 aliphatic heterocycles. The van der Waals surface area contributed by atoms with Crippen molar-refractivity contribution in [1.29, 1.82) is 0 Å². The zero-order chi connectivity index (χ0) is 12.8. The third-order valence-corrected chi connectivity index (χ3v) is 2.74.